The van der Waals surface area contributed by atoms with E-state index in [1.807, 2.05) is 36.4 Å². The fourth-order valence-electron chi connectivity index (χ4n) is 6.15. The lowest BCUT2D eigenvalue weighted by molar-refractivity contribution is -0.136. The Labute approximate surface area is 214 Å². The van der Waals surface area contributed by atoms with Gasteiger partial charge in [0.2, 0.25) is 0 Å². The van der Waals surface area contributed by atoms with Crippen molar-refractivity contribution < 1.29 is 28.2 Å². The van der Waals surface area contributed by atoms with Crippen molar-refractivity contribution >= 4 is 11.9 Å². The van der Waals surface area contributed by atoms with E-state index < -0.39 is 17.6 Å². The lowest BCUT2D eigenvalue weighted by Crippen LogP contribution is -2.34. The lowest BCUT2D eigenvalue weighted by Gasteiger charge is -2.39. The van der Waals surface area contributed by atoms with Gasteiger partial charge in [-0.15, -0.1) is 0 Å². The van der Waals surface area contributed by atoms with E-state index in [4.69, 9.17) is 9.84 Å². The Morgan fingerprint density at radius 3 is 2.24 bits per heavy atom. The summed E-state index contributed by atoms with van der Waals surface area (Å²) in [5, 5.41) is 11.4. The molecule has 0 saturated heterocycles. The third-order valence-corrected chi connectivity index (χ3v) is 7.89. The minimum Gasteiger partial charge on any atom is -0.489 e. The normalized spacial score (nSPS) is 22.1. The van der Waals surface area contributed by atoms with Crippen LogP contribution in [-0.4, -0.2) is 23.5 Å². The average molecular weight is 506 g/mol. The first-order valence-electron chi connectivity index (χ1n) is 12.6. The van der Waals surface area contributed by atoms with Gasteiger partial charge in [0.1, 0.15) is 12.4 Å². The van der Waals surface area contributed by atoms with Crippen molar-refractivity contribution in [3.63, 3.8) is 0 Å². The predicted molar refractivity (Wildman–Crippen MR) is 134 cm³/mol. The molecule has 2 saturated carbocycles. The van der Waals surface area contributed by atoms with Gasteiger partial charge in [0.25, 0.3) is 5.91 Å². The highest BCUT2D eigenvalue weighted by Crippen LogP contribution is 2.60. The summed E-state index contributed by atoms with van der Waals surface area (Å²) in [6.45, 7) is 0.233. The van der Waals surface area contributed by atoms with Crippen LogP contribution in [0.4, 0.5) is 8.78 Å². The van der Waals surface area contributed by atoms with E-state index in [0.29, 0.717) is 28.7 Å². The van der Waals surface area contributed by atoms with Gasteiger partial charge in [-0.25, -0.2) is 8.78 Å². The molecule has 192 valence electrons. The highest BCUT2D eigenvalue weighted by molar-refractivity contribution is 5.94. The zero-order valence-corrected chi connectivity index (χ0v) is 20.4. The summed E-state index contributed by atoms with van der Waals surface area (Å²) in [5.74, 6) is -1.16. The van der Waals surface area contributed by atoms with E-state index in [0.717, 1.165) is 25.0 Å². The molecule has 0 aromatic heterocycles. The highest BCUT2D eigenvalue weighted by atomic mass is 19.2. The van der Waals surface area contributed by atoms with Crippen LogP contribution in [0.25, 0.3) is 0 Å². The third kappa shape index (κ3) is 5.08. The molecule has 2 aliphatic rings. The molecular formula is C30H29F2NO4. The van der Waals surface area contributed by atoms with Crippen LogP contribution < -0.4 is 10.1 Å². The number of fused-ring (bicyclic) bond motifs is 2. The SMILES string of the molecule is O=C(O)CCNC(=O)c1ccc(C2(c3ccc(OCc4ccc(F)c(F)c4)cc3)CC3CCC2C3)cc1. The Kier molecular flexibility index (Phi) is 6.96. The molecule has 3 atom stereocenters. The maximum atomic E-state index is 13.5. The topological polar surface area (TPSA) is 75.6 Å². The molecule has 0 radical (unpaired) electrons. The zero-order valence-electron chi connectivity index (χ0n) is 20.4. The van der Waals surface area contributed by atoms with Gasteiger partial charge < -0.3 is 15.2 Å². The van der Waals surface area contributed by atoms with Crippen LogP contribution in [0.2, 0.25) is 0 Å². The van der Waals surface area contributed by atoms with Crippen LogP contribution in [0.3, 0.4) is 0 Å². The van der Waals surface area contributed by atoms with E-state index in [-0.39, 0.29) is 30.9 Å². The number of hydrogen-bond acceptors (Lipinski definition) is 3. The number of aliphatic carboxylic acids is 1. The van der Waals surface area contributed by atoms with E-state index in [1.54, 1.807) is 0 Å². The number of nitrogens with one attached hydrogen (secondary N) is 1. The standard InChI is InChI=1S/C30H29F2NO4/c31-26-12-2-20(16-27(26)32)18-37-25-10-8-23(9-11-25)30(17-19-1-5-24(30)15-19)22-6-3-21(4-7-22)29(36)33-14-13-28(34)35/h2-4,6-12,16,19,24H,1,5,13-15,17-18H2,(H,33,36)(H,34,35). The Hall–Kier alpha value is -3.74. The minimum absolute atomic E-state index is 0.0914. The fraction of sp³-hybridized carbons (Fsp3) is 0.333. The second-order valence-corrected chi connectivity index (χ2v) is 10.1. The molecule has 2 bridgehead atoms. The molecule has 5 rings (SSSR count). The number of carboxylic acids is 1. The highest BCUT2D eigenvalue weighted by Gasteiger charge is 2.52. The summed E-state index contributed by atoms with van der Waals surface area (Å²) in [5.41, 5.74) is 3.31. The smallest absolute Gasteiger partial charge is 0.305 e. The molecule has 37 heavy (non-hydrogen) atoms. The number of amides is 1. The van der Waals surface area contributed by atoms with Crippen molar-refractivity contribution in [3.05, 3.63) is 101 Å². The fourth-order valence-corrected chi connectivity index (χ4v) is 6.15. The second kappa shape index (κ2) is 10.3. The zero-order chi connectivity index (χ0) is 26.0. The minimum atomic E-state index is -0.949. The molecule has 0 aliphatic heterocycles. The van der Waals surface area contributed by atoms with Gasteiger partial charge in [-0.3, -0.25) is 9.59 Å². The third-order valence-electron chi connectivity index (χ3n) is 7.89. The molecule has 5 nitrogen and oxygen atoms in total. The first-order chi connectivity index (χ1) is 17.8. The van der Waals surface area contributed by atoms with Gasteiger partial charge in [0, 0.05) is 17.5 Å². The monoisotopic (exact) mass is 505 g/mol. The van der Waals surface area contributed by atoms with Gasteiger partial charge in [-0.2, -0.15) is 0 Å². The van der Waals surface area contributed by atoms with Crippen molar-refractivity contribution in [3.8, 4) is 5.75 Å². The summed E-state index contributed by atoms with van der Waals surface area (Å²) in [6.07, 6.45) is 4.53. The summed E-state index contributed by atoms with van der Waals surface area (Å²) >= 11 is 0. The Morgan fingerprint density at radius 2 is 1.65 bits per heavy atom. The van der Waals surface area contributed by atoms with Gasteiger partial charge in [-0.05, 0) is 84.2 Å². The summed E-state index contributed by atoms with van der Waals surface area (Å²) in [7, 11) is 0. The van der Waals surface area contributed by atoms with Gasteiger partial charge >= 0.3 is 5.97 Å². The van der Waals surface area contributed by atoms with Crippen molar-refractivity contribution in [1.82, 2.24) is 5.32 Å². The van der Waals surface area contributed by atoms with Gasteiger partial charge in [0.05, 0.1) is 6.42 Å². The number of halogens is 2. The molecule has 2 fully saturated rings. The van der Waals surface area contributed by atoms with Crippen LogP contribution in [0, 0.1) is 23.5 Å². The Balaban J connectivity index is 1.34. The van der Waals surface area contributed by atoms with Crippen LogP contribution >= 0.6 is 0 Å². The van der Waals surface area contributed by atoms with E-state index in [9.17, 15) is 18.4 Å². The molecule has 2 N–H and O–H groups in total. The van der Waals surface area contributed by atoms with E-state index in [2.05, 4.69) is 17.4 Å². The molecule has 3 aromatic carbocycles. The summed E-state index contributed by atoms with van der Waals surface area (Å²) in [4.78, 5) is 23.1. The first-order valence-corrected chi connectivity index (χ1v) is 12.6. The summed E-state index contributed by atoms with van der Waals surface area (Å²) in [6, 6.07) is 19.5. The first kappa shape index (κ1) is 24.9. The number of ether oxygens (including phenoxy) is 1. The average Bonchev–Trinajstić information content (AvgIpc) is 3.52. The summed E-state index contributed by atoms with van der Waals surface area (Å²) < 4.78 is 32.5. The van der Waals surface area contributed by atoms with Crippen LogP contribution in [0.5, 0.6) is 5.75 Å². The molecule has 1 amide bonds. The van der Waals surface area contributed by atoms with Crippen LogP contribution in [0.15, 0.2) is 66.7 Å². The molecule has 2 aliphatic carbocycles. The molecule has 7 heteroatoms. The number of carboxylic acid groups (broad SMARTS) is 1. The second-order valence-electron chi connectivity index (χ2n) is 10.1. The molecule has 0 spiro atoms. The molecule has 0 heterocycles. The maximum absolute atomic E-state index is 13.5. The largest absolute Gasteiger partial charge is 0.489 e. The van der Waals surface area contributed by atoms with Crippen LogP contribution in [-0.2, 0) is 16.8 Å². The van der Waals surface area contributed by atoms with Crippen molar-refractivity contribution in [2.45, 2.75) is 44.1 Å². The van der Waals surface area contributed by atoms with Gasteiger partial charge in [-0.1, -0.05) is 36.8 Å². The quantitative estimate of drug-likeness (QED) is 0.382. The van der Waals surface area contributed by atoms with Crippen molar-refractivity contribution in [2.24, 2.45) is 11.8 Å². The van der Waals surface area contributed by atoms with Crippen molar-refractivity contribution in [1.29, 1.82) is 0 Å². The van der Waals surface area contributed by atoms with E-state index >= 15 is 0 Å². The number of hydrogen-bond donors (Lipinski definition) is 2. The molecular weight excluding hydrogens is 476 g/mol. The van der Waals surface area contributed by atoms with Crippen LogP contribution in [0.1, 0.15) is 59.2 Å². The lowest BCUT2D eigenvalue weighted by atomic mass is 9.64. The number of carbonyl (C=O) groups excluding carboxylic acids is 1. The number of rotatable bonds is 9. The molecule has 3 aromatic rings. The van der Waals surface area contributed by atoms with Crippen molar-refractivity contribution in [2.75, 3.05) is 6.54 Å². The number of benzene rings is 3. The Morgan fingerprint density at radius 1 is 0.946 bits per heavy atom. The number of carbonyl (C=O) groups is 2. The Bertz CT molecular complexity index is 1290. The predicted octanol–water partition coefficient (Wildman–Crippen LogP) is 5.85. The van der Waals surface area contributed by atoms with Gasteiger partial charge in [0.15, 0.2) is 11.6 Å². The maximum Gasteiger partial charge on any atom is 0.305 e. The molecule has 3 unspecified atom stereocenters. The van der Waals surface area contributed by atoms with E-state index in [1.165, 1.54) is 30.0 Å².